The number of nitrogens with zero attached hydrogens (tertiary/aromatic N) is 1. The summed E-state index contributed by atoms with van der Waals surface area (Å²) in [6.07, 6.45) is 2.27. The maximum Gasteiger partial charge on any atom is 0.134 e. The van der Waals surface area contributed by atoms with Crippen molar-refractivity contribution in [3.8, 4) is 0 Å². The lowest BCUT2D eigenvalue weighted by Gasteiger charge is -2.26. The Labute approximate surface area is 84.8 Å². The van der Waals surface area contributed by atoms with Gasteiger partial charge in [0.25, 0.3) is 0 Å². The van der Waals surface area contributed by atoms with E-state index in [1.807, 2.05) is 0 Å². The normalized spacial score (nSPS) is 22.2. The molecule has 0 amide bonds. The number of ketones is 1. The molecule has 0 heterocycles. The van der Waals surface area contributed by atoms with Crippen LogP contribution in [0.25, 0.3) is 0 Å². The van der Waals surface area contributed by atoms with Crippen molar-refractivity contribution >= 4 is 5.78 Å². The molecular formula is C10H19NO3. The van der Waals surface area contributed by atoms with Crippen LogP contribution >= 0.6 is 0 Å². The van der Waals surface area contributed by atoms with Crippen molar-refractivity contribution in [2.45, 2.75) is 25.3 Å². The fourth-order valence-corrected chi connectivity index (χ4v) is 1.92. The van der Waals surface area contributed by atoms with E-state index >= 15 is 0 Å². The van der Waals surface area contributed by atoms with Gasteiger partial charge in [-0.25, -0.2) is 0 Å². The molecule has 1 aliphatic carbocycles. The molecule has 0 aliphatic heterocycles. The first-order chi connectivity index (χ1) is 6.77. The van der Waals surface area contributed by atoms with Gasteiger partial charge in [-0.2, -0.15) is 0 Å². The van der Waals surface area contributed by atoms with Crippen LogP contribution in [-0.2, 0) is 9.53 Å². The average molecular weight is 201 g/mol. The highest BCUT2D eigenvalue weighted by Crippen LogP contribution is 2.20. The third-order valence-electron chi connectivity index (χ3n) is 2.71. The van der Waals surface area contributed by atoms with Crippen molar-refractivity contribution in [3.05, 3.63) is 0 Å². The molecule has 14 heavy (non-hydrogen) atoms. The fourth-order valence-electron chi connectivity index (χ4n) is 1.92. The van der Waals surface area contributed by atoms with Gasteiger partial charge in [-0.3, -0.25) is 9.69 Å². The summed E-state index contributed by atoms with van der Waals surface area (Å²) in [5, 5.41) is 8.89. The quantitative estimate of drug-likeness (QED) is 0.659. The molecular weight excluding hydrogens is 182 g/mol. The highest BCUT2D eigenvalue weighted by atomic mass is 16.5. The highest BCUT2D eigenvalue weighted by Gasteiger charge is 2.26. The van der Waals surface area contributed by atoms with Gasteiger partial charge in [0.1, 0.15) is 5.78 Å². The lowest BCUT2D eigenvalue weighted by Crippen LogP contribution is -2.38. The van der Waals surface area contributed by atoms with Crippen LogP contribution in [0.2, 0.25) is 0 Å². The number of carbonyl (C=O) groups excluding carboxylic acids is 1. The number of rotatable bonds is 6. The van der Waals surface area contributed by atoms with Crippen LogP contribution in [0.15, 0.2) is 0 Å². The first kappa shape index (κ1) is 11.6. The van der Waals surface area contributed by atoms with E-state index in [0.717, 1.165) is 13.0 Å². The lowest BCUT2D eigenvalue weighted by molar-refractivity contribution is -0.117. The number of aliphatic hydroxyl groups is 1. The zero-order valence-electron chi connectivity index (χ0n) is 8.74. The second-order valence-electron chi connectivity index (χ2n) is 3.69. The zero-order chi connectivity index (χ0) is 10.4. The summed E-state index contributed by atoms with van der Waals surface area (Å²) in [6, 6.07) is 0.324. The van der Waals surface area contributed by atoms with Crippen LogP contribution in [0.4, 0.5) is 0 Å². The van der Waals surface area contributed by atoms with E-state index in [4.69, 9.17) is 9.84 Å². The SMILES string of the molecule is COCCN(CCO)C1CCC(=O)C1. The van der Waals surface area contributed by atoms with Crippen LogP contribution in [0, 0.1) is 0 Å². The molecule has 1 aliphatic rings. The molecule has 1 rings (SSSR count). The molecule has 0 radical (unpaired) electrons. The van der Waals surface area contributed by atoms with Crippen molar-refractivity contribution in [1.82, 2.24) is 4.90 Å². The molecule has 1 atom stereocenters. The summed E-state index contributed by atoms with van der Waals surface area (Å²) in [4.78, 5) is 13.3. The highest BCUT2D eigenvalue weighted by molar-refractivity contribution is 5.81. The molecule has 4 nitrogen and oxygen atoms in total. The number of hydrogen-bond donors (Lipinski definition) is 1. The summed E-state index contributed by atoms with van der Waals surface area (Å²) < 4.78 is 5.00. The maximum atomic E-state index is 11.1. The number of methoxy groups -OCH3 is 1. The minimum absolute atomic E-state index is 0.147. The predicted octanol–water partition coefficient (Wildman–Crippen LogP) is 0.0487. The van der Waals surface area contributed by atoms with Gasteiger partial charge in [0.15, 0.2) is 0 Å². The molecule has 0 spiro atoms. The molecule has 4 heteroatoms. The van der Waals surface area contributed by atoms with Crippen molar-refractivity contribution in [2.24, 2.45) is 0 Å². The monoisotopic (exact) mass is 201 g/mol. The first-order valence-electron chi connectivity index (χ1n) is 5.13. The van der Waals surface area contributed by atoms with E-state index in [9.17, 15) is 4.79 Å². The molecule has 1 N–H and O–H groups in total. The molecule has 1 fully saturated rings. The molecule has 0 aromatic heterocycles. The zero-order valence-corrected chi connectivity index (χ0v) is 8.74. The molecule has 1 saturated carbocycles. The van der Waals surface area contributed by atoms with Gasteiger partial charge in [-0.15, -0.1) is 0 Å². The number of Topliss-reactive ketones (excluding diaryl/α,β-unsaturated/α-hetero) is 1. The van der Waals surface area contributed by atoms with Gasteiger partial charge in [0, 0.05) is 39.1 Å². The Morgan fingerprint density at radius 3 is 2.86 bits per heavy atom. The summed E-state index contributed by atoms with van der Waals surface area (Å²) in [5.41, 5.74) is 0. The van der Waals surface area contributed by atoms with E-state index in [-0.39, 0.29) is 6.61 Å². The Morgan fingerprint density at radius 1 is 1.57 bits per heavy atom. The molecule has 1 unspecified atom stereocenters. The van der Waals surface area contributed by atoms with Crippen molar-refractivity contribution in [1.29, 1.82) is 0 Å². The molecule has 82 valence electrons. The molecule has 0 aromatic carbocycles. The first-order valence-corrected chi connectivity index (χ1v) is 5.13. The van der Waals surface area contributed by atoms with Crippen LogP contribution in [0.5, 0.6) is 0 Å². The van der Waals surface area contributed by atoms with Gasteiger partial charge in [-0.1, -0.05) is 0 Å². The van der Waals surface area contributed by atoms with E-state index in [0.29, 0.717) is 37.8 Å². The third kappa shape index (κ3) is 3.36. The maximum absolute atomic E-state index is 11.1. The third-order valence-corrected chi connectivity index (χ3v) is 2.71. The number of ether oxygens (including phenoxy) is 1. The molecule has 0 aromatic rings. The summed E-state index contributed by atoms with van der Waals surface area (Å²) in [7, 11) is 1.66. The Balaban J connectivity index is 2.36. The summed E-state index contributed by atoms with van der Waals surface area (Å²) >= 11 is 0. The predicted molar refractivity (Wildman–Crippen MR) is 53.2 cm³/mol. The van der Waals surface area contributed by atoms with Crippen LogP contribution < -0.4 is 0 Å². The van der Waals surface area contributed by atoms with E-state index < -0.39 is 0 Å². The largest absolute Gasteiger partial charge is 0.395 e. The minimum Gasteiger partial charge on any atom is -0.395 e. The molecule has 0 saturated heterocycles. The van der Waals surface area contributed by atoms with Gasteiger partial charge >= 0.3 is 0 Å². The van der Waals surface area contributed by atoms with Crippen LogP contribution in [0.3, 0.4) is 0 Å². The minimum atomic E-state index is 0.147. The van der Waals surface area contributed by atoms with Crippen LogP contribution in [-0.4, -0.2) is 55.2 Å². The number of aliphatic hydroxyl groups excluding tert-OH is 1. The smallest absolute Gasteiger partial charge is 0.134 e. The second-order valence-corrected chi connectivity index (χ2v) is 3.69. The summed E-state index contributed by atoms with van der Waals surface area (Å²) in [5.74, 6) is 0.343. The average Bonchev–Trinajstić information content (AvgIpc) is 2.59. The van der Waals surface area contributed by atoms with Gasteiger partial charge in [0.2, 0.25) is 0 Å². The molecule has 0 bridgehead atoms. The Bertz CT molecular complexity index is 184. The van der Waals surface area contributed by atoms with E-state index in [2.05, 4.69) is 4.90 Å². The lowest BCUT2D eigenvalue weighted by atomic mass is 10.2. The standard InChI is InChI=1S/C10H19NO3/c1-14-7-5-11(4-6-12)9-2-3-10(13)8-9/h9,12H,2-8H2,1H3. The fraction of sp³-hybridized carbons (Fsp3) is 0.900. The van der Waals surface area contributed by atoms with Gasteiger partial charge in [0.05, 0.1) is 13.2 Å². The van der Waals surface area contributed by atoms with Gasteiger partial charge < -0.3 is 9.84 Å². The van der Waals surface area contributed by atoms with Crippen molar-refractivity contribution < 1.29 is 14.6 Å². The van der Waals surface area contributed by atoms with E-state index in [1.165, 1.54) is 0 Å². The topological polar surface area (TPSA) is 49.8 Å². The second kappa shape index (κ2) is 6.11. The van der Waals surface area contributed by atoms with Crippen molar-refractivity contribution in [2.75, 3.05) is 33.4 Å². The Kier molecular flexibility index (Phi) is 5.07. The van der Waals surface area contributed by atoms with Crippen LogP contribution in [0.1, 0.15) is 19.3 Å². The van der Waals surface area contributed by atoms with Crippen molar-refractivity contribution in [3.63, 3.8) is 0 Å². The Morgan fingerprint density at radius 2 is 2.36 bits per heavy atom. The number of hydrogen-bond acceptors (Lipinski definition) is 4. The van der Waals surface area contributed by atoms with Gasteiger partial charge in [-0.05, 0) is 6.42 Å². The number of carbonyl (C=O) groups is 1. The van der Waals surface area contributed by atoms with E-state index in [1.54, 1.807) is 7.11 Å². The summed E-state index contributed by atoms with van der Waals surface area (Å²) in [6.45, 7) is 2.25. The Hall–Kier alpha value is -0.450.